The first-order valence-corrected chi connectivity index (χ1v) is 7.61. The molecule has 0 unspecified atom stereocenters. The summed E-state index contributed by atoms with van der Waals surface area (Å²) in [5.74, 6) is 0. The van der Waals surface area contributed by atoms with Crippen molar-refractivity contribution in [2.45, 2.75) is 20.4 Å². The van der Waals surface area contributed by atoms with Crippen LogP contribution < -0.4 is 5.32 Å². The number of thiazole rings is 1. The zero-order valence-electron chi connectivity index (χ0n) is 9.21. The SMILES string of the molecule is CCNCc1csc(-c2cc(Br)c(C)s2)n1. The summed E-state index contributed by atoms with van der Waals surface area (Å²) in [5.41, 5.74) is 1.13. The lowest BCUT2D eigenvalue weighted by Gasteiger charge is -1.95. The number of halogens is 1. The molecule has 0 radical (unpaired) electrons. The van der Waals surface area contributed by atoms with E-state index in [1.165, 1.54) is 14.2 Å². The number of thiophene rings is 1. The van der Waals surface area contributed by atoms with Gasteiger partial charge in [0.05, 0.1) is 10.6 Å². The van der Waals surface area contributed by atoms with E-state index in [-0.39, 0.29) is 0 Å². The highest BCUT2D eigenvalue weighted by atomic mass is 79.9. The van der Waals surface area contributed by atoms with Gasteiger partial charge in [-0.15, -0.1) is 22.7 Å². The minimum Gasteiger partial charge on any atom is -0.311 e. The summed E-state index contributed by atoms with van der Waals surface area (Å²) in [4.78, 5) is 7.17. The minimum atomic E-state index is 0.860. The van der Waals surface area contributed by atoms with Gasteiger partial charge in [0.15, 0.2) is 0 Å². The average molecular weight is 317 g/mol. The van der Waals surface area contributed by atoms with Gasteiger partial charge >= 0.3 is 0 Å². The van der Waals surface area contributed by atoms with Crippen LogP contribution >= 0.6 is 38.6 Å². The first-order valence-electron chi connectivity index (χ1n) is 5.12. The van der Waals surface area contributed by atoms with E-state index >= 15 is 0 Å². The summed E-state index contributed by atoms with van der Waals surface area (Å²) < 4.78 is 1.18. The van der Waals surface area contributed by atoms with E-state index < -0.39 is 0 Å². The molecule has 0 aliphatic heterocycles. The Morgan fingerprint density at radius 2 is 2.31 bits per heavy atom. The predicted octanol–water partition coefficient (Wildman–Crippen LogP) is 4.05. The van der Waals surface area contributed by atoms with E-state index in [0.29, 0.717) is 0 Å². The molecule has 0 saturated carbocycles. The van der Waals surface area contributed by atoms with Crippen molar-refractivity contribution in [1.82, 2.24) is 10.3 Å². The molecule has 2 rings (SSSR count). The quantitative estimate of drug-likeness (QED) is 0.920. The number of aryl methyl sites for hydroxylation is 1. The number of rotatable bonds is 4. The van der Waals surface area contributed by atoms with Gasteiger partial charge in [-0.2, -0.15) is 0 Å². The molecule has 2 aromatic rings. The van der Waals surface area contributed by atoms with E-state index in [1.807, 2.05) is 0 Å². The van der Waals surface area contributed by atoms with Crippen molar-refractivity contribution in [2.24, 2.45) is 0 Å². The number of aromatic nitrogens is 1. The second-order valence-electron chi connectivity index (χ2n) is 3.44. The van der Waals surface area contributed by atoms with Crippen molar-refractivity contribution in [3.8, 4) is 9.88 Å². The fourth-order valence-electron chi connectivity index (χ4n) is 1.32. The lowest BCUT2D eigenvalue weighted by atomic mass is 10.4. The molecule has 2 heterocycles. The Kier molecular flexibility index (Phi) is 4.13. The molecule has 2 aromatic heterocycles. The summed E-state index contributed by atoms with van der Waals surface area (Å²) in [6.45, 7) is 6.06. The standard InChI is InChI=1S/C11H13BrN2S2/c1-3-13-5-8-6-15-11(14-8)10-4-9(12)7(2)16-10/h4,6,13H,3,5H2,1-2H3. The summed E-state index contributed by atoms with van der Waals surface area (Å²) in [6, 6.07) is 2.15. The predicted molar refractivity (Wildman–Crippen MR) is 75.2 cm³/mol. The summed E-state index contributed by atoms with van der Waals surface area (Å²) >= 11 is 7.04. The number of nitrogens with one attached hydrogen (secondary N) is 1. The van der Waals surface area contributed by atoms with Crippen LogP contribution in [0.5, 0.6) is 0 Å². The molecule has 2 nitrogen and oxygen atoms in total. The van der Waals surface area contributed by atoms with Crippen molar-refractivity contribution < 1.29 is 0 Å². The van der Waals surface area contributed by atoms with Crippen LogP contribution in [0.15, 0.2) is 15.9 Å². The molecular formula is C11H13BrN2S2. The molecule has 0 spiro atoms. The maximum absolute atomic E-state index is 4.62. The number of hydrogen-bond acceptors (Lipinski definition) is 4. The van der Waals surface area contributed by atoms with Gasteiger partial charge in [-0.25, -0.2) is 4.98 Å². The van der Waals surface area contributed by atoms with Crippen LogP contribution in [-0.4, -0.2) is 11.5 Å². The Balaban J connectivity index is 2.18. The van der Waals surface area contributed by atoms with Crippen molar-refractivity contribution in [1.29, 1.82) is 0 Å². The topological polar surface area (TPSA) is 24.9 Å². The second kappa shape index (κ2) is 5.40. The lowest BCUT2D eigenvalue weighted by molar-refractivity contribution is 0.715. The highest BCUT2D eigenvalue weighted by Crippen LogP contribution is 2.35. The maximum atomic E-state index is 4.62. The van der Waals surface area contributed by atoms with Crippen LogP contribution in [0.4, 0.5) is 0 Å². The van der Waals surface area contributed by atoms with Gasteiger partial charge in [0.25, 0.3) is 0 Å². The number of hydrogen-bond donors (Lipinski definition) is 1. The highest BCUT2D eigenvalue weighted by molar-refractivity contribution is 9.10. The Hall–Kier alpha value is -0.230. The van der Waals surface area contributed by atoms with Gasteiger partial charge in [0, 0.05) is 21.3 Å². The zero-order valence-corrected chi connectivity index (χ0v) is 12.4. The Morgan fingerprint density at radius 1 is 1.50 bits per heavy atom. The van der Waals surface area contributed by atoms with Gasteiger partial charge in [0.2, 0.25) is 0 Å². The van der Waals surface area contributed by atoms with Gasteiger partial charge in [-0.3, -0.25) is 0 Å². The Morgan fingerprint density at radius 3 is 2.94 bits per heavy atom. The molecule has 1 N–H and O–H groups in total. The monoisotopic (exact) mass is 316 g/mol. The van der Waals surface area contributed by atoms with Gasteiger partial charge < -0.3 is 5.32 Å². The minimum absolute atomic E-state index is 0.860. The van der Waals surface area contributed by atoms with E-state index in [9.17, 15) is 0 Å². The number of nitrogens with zero attached hydrogens (tertiary/aromatic N) is 1. The molecular weight excluding hydrogens is 304 g/mol. The molecule has 0 aliphatic carbocycles. The molecule has 16 heavy (non-hydrogen) atoms. The molecule has 0 amide bonds. The molecule has 0 fully saturated rings. The summed E-state index contributed by atoms with van der Waals surface area (Å²) in [7, 11) is 0. The van der Waals surface area contributed by atoms with E-state index in [1.54, 1.807) is 22.7 Å². The van der Waals surface area contributed by atoms with Crippen molar-refractivity contribution >= 4 is 38.6 Å². The van der Waals surface area contributed by atoms with Crippen LogP contribution in [0, 0.1) is 6.92 Å². The maximum Gasteiger partial charge on any atom is 0.133 e. The normalized spacial score (nSPS) is 10.9. The van der Waals surface area contributed by atoms with Crippen LogP contribution in [0.2, 0.25) is 0 Å². The molecule has 0 aromatic carbocycles. The molecule has 86 valence electrons. The van der Waals surface area contributed by atoms with Crippen LogP contribution in [0.25, 0.3) is 9.88 Å². The van der Waals surface area contributed by atoms with Gasteiger partial charge in [-0.1, -0.05) is 6.92 Å². The van der Waals surface area contributed by atoms with Crippen LogP contribution in [0.1, 0.15) is 17.5 Å². The largest absolute Gasteiger partial charge is 0.311 e. The zero-order chi connectivity index (χ0) is 11.5. The van der Waals surface area contributed by atoms with Crippen LogP contribution in [0.3, 0.4) is 0 Å². The molecule has 5 heteroatoms. The highest BCUT2D eigenvalue weighted by Gasteiger charge is 2.09. The van der Waals surface area contributed by atoms with E-state index in [0.717, 1.165) is 23.8 Å². The van der Waals surface area contributed by atoms with Crippen molar-refractivity contribution in [3.05, 3.63) is 26.5 Å². The molecule has 0 atom stereocenters. The summed E-state index contributed by atoms with van der Waals surface area (Å²) in [5, 5.41) is 6.53. The fourth-order valence-corrected chi connectivity index (χ4v) is 3.74. The molecule has 0 aliphatic rings. The molecule has 0 saturated heterocycles. The Bertz CT molecular complexity index is 457. The average Bonchev–Trinajstić information content (AvgIpc) is 2.84. The van der Waals surface area contributed by atoms with Crippen molar-refractivity contribution in [3.63, 3.8) is 0 Å². The van der Waals surface area contributed by atoms with E-state index in [2.05, 4.69) is 51.5 Å². The third-order valence-electron chi connectivity index (χ3n) is 2.18. The summed E-state index contributed by atoms with van der Waals surface area (Å²) in [6.07, 6.45) is 0. The third-order valence-corrected chi connectivity index (χ3v) is 5.37. The van der Waals surface area contributed by atoms with Crippen molar-refractivity contribution in [2.75, 3.05) is 6.54 Å². The van der Waals surface area contributed by atoms with Gasteiger partial charge in [-0.05, 0) is 35.5 Å². The molecule has 0 bridgehead atoms. The second-order valence-corrected chi connectivity index (χ2v) is 6.41. The lowest BCUT2D eigenvalue weighted by Crippen LogP contribution is -2.11. The van der Waals surface area contributed by atoms with Gasteiger partial charge in [0.1, 0.15) is 5.01 Å². The Labute approximate surface area is 112 Å². The van der Waals surface area contributed by atoms with Crippen LogP contribution in [-0.2, 0) is 6.54 Å². The first kappa shape index (κ1) is 12.2. The first-order chi connectivity index (χ1) is 7.70. The fraction of sp³-hybridized carbons (Fsp3) is 0.364. The van der Waals surface area contributed by atoms with E-state index in [4.69, 9.17) is 0 Å². The smallest absolute Gasteiger partial charge is 0.133 e. The third kappa shape index (κ3) is 2.71.